The largest absolute Gasteiger partial charge is 0.364 e. The molecule has 0 saturated heterocycles. The summed E-state index contributed by atoms with van der Waals surface area (Å²) in [7, 11) is 0. The number of fused-ring (bicyclic) bond motifs is 1. The normalized spacial score (nSPS) is 12.4. The minimum Gasteiger partial charge on any atom is -0.364 e. The van der Waals surface area contributed by atoms with Gasteiger partial charge in [0, 0.05) is 30.1 Å². The number of halogens is 1. The second-order valence-corrected chi connectivity index (χ2v) is 6.52. The molecule has 1 atom stereocenters. The van der Waals surface area contributed by atoms with Crippen molar-refractivity contribution in [3.63, 3.8) is 0 Å². The molecule has 0 aliphatic rings. The molecule has 142 valence electrons. The number of nitrogens with zero attached hydrogens (tertiary/aromatic N) is 3. The van der Waals surface area contributed by atoms with E-state index >= 15 is 0 Å². The number of hydrogen-bond acceptors (Lipinski definition) is 4. The lowest BCUT2D eigenvalue weighted by Gasteiger charge is -2.12. The summed E-state index contributed by atoms with van der Waals surface area (Å²) in [5.74, 6) is -0.239. The molecule has 0 amide bonds. The predicted molar refractivity (Wildman–Crippen MR) is 105 cm³/mol. The molecule has 6 heteroatoms. The zero-order valence-corrected chi connectivity index (χ0v) is 15.6. The first kappa shape index (κ1) is 18.3. The van der Waals surface area contributed by atoms with Gasteiger partial charge in [0.05, 0.1) is 23.0 Å². The van der Waals surface area contributed by atoms with Gasteiger partial charge in [-0.2, -0.15) is 5.10 Å². The zero-order valence-electron chi connectivity index (χ0n) is 15.6. The van der Waals surface area contributed by atoms with Crippen LogP contribution in [0.2, 0.25) is 0 Å². The van der Waals surface area contributed by atoms with Gasteiger partial charge >= 0.3 is 0 Å². The molecule has 1 aromatic carbocycles. The van der Waals surface area contributed by atoms with Gasteiger partial charge < -0.3 is 9.84 Å². The second-order valence-electron chi connectivity index (χ2n) is 6.52. The van der Waals surface area contributed by atoms with Gasteiger partial charge in [0.1, 0.15) is 5.82 Å². The maximum atomic E-state index is 13.7. The Morgan fingerprint density at radius 1 is 1.18 bits per heavy atom. The summed E-state index contributed by atoms with van der Waals surface area (Å²) in [5.41, 5.74) is 5.37. The Balaban J connectivity index is 1.84. The Kier molecular flexibility index (Phi) is 4.90. The van der Waals surface area contributed by atoms with Crippen LogP contribution in [-0.2, 0) is 4.74 Å². The summed E-state index contributed by atoms with van der Waals surface area (Å²) in [6.45, 7) is 3.96. The molecule has 0 spiro atoms. The number of aromatic nitrogens is 3. The van der Waals surface area contributed by atoms with E-state index in [1.165, 1.54) is 6.07 Å². The van der Waals surface area contributed by atoms with Crippen LogP contribution in [0.5, 0.6) is 0 Å². The predicted octanol–water partition coefficient (Wildman–Crippen LogP) is 4.54. The first-order valence-electron chi connectivity index (χ1n) is 9.07. The van der Waals surface area contributed by atoms with Crippen LogP contribution < -0.4 is 0 Å². The van der Waals surface area contributed by atoms with E-state index in [-0.39, 0.29) is 5.82 Å². The summed E-state index contributed by atoms with van der Waals surface area (Å²) < 4.78 is 20.7. The highest BCUT2D eigenvalue weighted by molar-refractivity contribution is 5.82. The van der Waals surface area contributed by atoms with E-state index < -0.39 is 6.29 Å². The van der Waals surface area contributed by atoms with E-state index in [4.69, 9.17) is 4.74 Å². The summed E-state index contributed by atoms with van der Waals surface area (Å²) in [5, 5.41) is 14.5. The average Bonchev–Trinajstić information content (AvgIpc) is 3.13. The number of ether oxygens (including phenoxy) is 1. The van der Waals surface area contributed by atoms with Crippen molar-refractivity contribution in [2.45, 2.75) is 20.1 Å². The summed E-state index contributed by atoms with van der Waals surface area (Å²) in [6, 6.07) is 12.7. The second kappa shape index (κ2) is 7.50. The van der Waals surface area contributed by atoms with Crippen LogP contribution in [0.3, 0.4) is 0 Å². The van der Waals surface area contributed by atoms with E-state index in [0.29, 0.717) is 17.7 Å². The molecule has 4 rings (SSSR count). The van der Waals surface area contributed by atoms with Crippen molar-refractivity contribution in [1.82, 2.24) is 14.6 Å². The van der Waals surface area contributed by atoms with E-state index in [1.807, 2.05) is 37.4 Å². The van der Waals surface area contributed by atoms with Crippen LogP contribution >= 0.6 is 0 Å². The maximum absolute atomic E-state index is 13.7. The van der Waals surface area contributed by atoms with Gasteiger partial charge in [-0.25, -0.2) is 8.91 Å². The minimum absolute atomic E-state index is 0.239. The van der Waals surface area contributed by atoms with Crippen molar-refractivity contribution in [2.24, 2.45) is 0 Å². The Bertz CT molecular complexity index is 1140. The molecule has 0 aliphatic carbocycles. The number of aryl methyl sites for hydroxylation is 1. The Morgan fingerprint density at radius 2 is 2.04 bits per heavy atom. The van der Waals surface area contributed by atoms with Crippen molar-refractivity contribution < 1.29 is 14.2 Å². The molecule has 0 saturated carbocycles. The summed E-state index contributed by atoms with van der Waals surface area (Å²) in [6.07, 6.45) is 4.12. The fourth-order valence-corrected chi connectivity index (χ4v) is 3.27. The van der Waals surface area contributed by atoms with E-state index in [9.17, 15) is 9.50 Å². The van der Waals surface area contributed by atoms with Crippen molar-refractivity contribution >= 4 is 5.52 Å². The third-order valence-electron chi connectivity index (χ3n) is 4.69. The standard InChI is InChI=1S/C22H20FN3O2/c1-3-28-22(27)18-13-25-26-10-8-15(12-20(18)26)17-5-4-9-24-21(17)16-6-7-19(23)14(2)11-16/h4-13,22,27H,3H2,1-2H3/t22-/m0/s1. The Hall–Kier alpha value is -3.09. The van der Waals surface area contributed by atoms with Crippen LogP contribution in [0.4, 0.5) is 4.39 Å². The van der Waals surface area contributed by atoms with Gasteiger partial charge in [0.25, 0.3) is 0 Å². The molecule has 0 unspecified atom stereocenters. The molecule has 0 aliphatic heterocycles. The molecule has 28 heavy (non-hydrogen) atoms. The number of pyridine rings is 2. The Morgan fingerprint density at radius 3 is 2.82 bits per heavy atom. The number of aliphatic hydroxyl groups excluding tert-OH is 1. The molecule has 0 radical (unpaired) electrons. The molecule has 0 bridgehead atoms. The van der Waals surface area contributed by atoms with Crippen LogP contribution in [0.1, 0.15) is 24.3 Å². The van der Waals surface area contributed by atoms with Crippen LogP contribution in [0.25, 0.3) is 27.9 Å². The molecule has 4 aromatic rings. The smallest absolute Gasteiger partial charge is 0.184 e. The molecule has 3 aromatic heterocycles. The Labute approximate surface area is 162 Å². The first-order valence-corrected chi connectivity index (χ1v) is 9.07. The monoisotopic (exact) mass is 377 g/mol. The number of aliphatic hydroxyl groups is 1. The third kappa shape index (κ3) is 3.28. The van der Waals surface area contributed by atoms with Crippen molar-refractivity contribution in [3.05, 3.63) is 78.0 Å². The molecular formula is C22H20FN3O2. The molecular weight excluding hydrogens is 357 g/mol. The highest BCUT2D eigenvalue weighted by atomic mass is 19.1. The number of hydrogen-bond donors (Lipinski definition) is 1. The first-order chi connectivity index (χ1) is 13.6. The van der Waals surface area contributed by atoms with Gasteiger partial charge in [0.15, 0.2) is 6.29 Å². The van der Waals surface area contributed by atoms with Crippen molar-refractivity contribution in [3.8, 4) is 22.4 Å². The van der Waals surface area contributed by atoms with Gasteiger partial charge in [-0.15, -0.1) is 0 Å². The van der Waals surface area contributed by atoms with Crippen LogP contribution in [-0.4, -0.2) is 26.3 Å². The van der Waals surface area contributed by atoms with E-state index in [1.54, 1.807) is 36.0 Å². The van der Waals surface area contributed by atoms with E-state index in [0.717, 1.165) is 27.9 Å². The van der Waals surface area contributed by atoms with Gasteiger partial charge in [0.2, 0.25) is 0 Å². The average molecular weight is 377 g/mol. The van der Waals surface area contributed by atoms with Gasteiger partial charge in [-0.05, 0) is 61.4 Å². The quantitative estimate of drug-likeness (QED) is 0.519. The lowest BCUT2D eigenvalue weighted by atomic mass is 9.98. The fraction of sp³-hybridized carbons (Fsp3) is 0.182. The third-order valence-corrected chi connectivity index (χ3v) is 4.69. The lowest BCUT2D eigenvalue weighted by Crippen LogP contribution is -2.02. The molecule has 3 heterocycles. The molecule has 5 nitrogen and oxygen atoms in total. The highest BCUT2D eigenvalue weighted by Gasteiger charge is 2.16. The van der Waals surface area contributed by atoms with Crippen LogP contribution in [0.15, 0.2) is 61.1 Å². The van der Waals surface area contributed by atoms with Crippen molar-refractivity contribution in [2.75, 3.05) is 6.61 Å². The van der Waals surface area contributed by atoms with Crippen molar-refractivity contribution in [1.29, 1.82) is 0 Å². The lowest BCUT2D eigenvalue weighted by molar-refractivity contribution is -0.0970. The summed E-state index contributed by atoms with van der Waals surface area (Å²) in [4.78, 5) is 4.53. The number of rotatable bonds is 5. The maximum Gasteiger partial charge on any atom is 0.184 e. The molecule has 1 N–H and O–H groups in total. The van der Waals surface area contributed by atoms with Gasteiger partial charge in [-0.1, -0.05) is 6.07 Å². The number of benzene rings is 1. The SMILES string of the molecule is CCO[C@H](O)c1cnn2ccc(-c3cccnc3-c3ccc(F)c(C)c3)cc12. The van der Waals surface area contributed by atoms with E-state index in [2.05, 4.69) is 10.1 Å². The highest BCUT2D eigenvalue weighted by Crippen LogP contribution is 2.32. The topological polar surface area (TPSA) is 59.7 Å². The zero-order chi connectivity index (χ0) is 19.7. The van der Waals surface area contributed by atoms with Gasteiger partial charge in [-0.3, -0.25) is 4.98 Å². The molecule has 0 fully saturated rings. The van der Waals surface area contributed by atoms with Crippen LogP contribution in [0, 0.1) is 12.7 Å². The fourth-order valence-electron chi connectivity index (χ4n) is 3.27. The minimum atomic E-state index is -1.04. The summed E-state index contributed by atoms with van der Waals surface area (Å²) >= 11 is 0.